The number of hydrogen-bond donors (Lipinski definition) is 0. The van der Waals surface area contributed by atoms with E-state index in [9.17, 15) is 9.59 Å². The molecule has 0 aliphatic rings. The van der Waals surface area contributed by atoms with E-state index in [1.165, 1.54) is 0 Å². The number of carbonyl (C=O) groups is 1. The molecule has 0 saturated heterocycles. The molecule has 2 aromatic heterocycles. The Morgan fingerprint density at radius 2 is 1.76 bits per heavy atom. The van der Waals surface area contributed by atoms with Gasteiger partial charge in [-0.1, -0.05) is 23.7 Å². The van der Waals surface area contributed by atoms with Gasteiger partial charge in [0, 0.05) is 10.6 Å². The Morgan fingerprint density at radius 1 is 1.08 bits per heavy atom. The fourth-order valence-electron chi connectivity index (χ4n) is 2.80. The number of aryl methyl sites for hydroxylation is 1. The SMILES string of the molecule is Cc1nn2c3ccccc3n(CC(=O)c3ccc(Cl)cc3)c2nc1=O. The van der Waals surface area contributed by atoms with E-state index in [-0.39, 0.29) is 12.3 Å². The smallest absolute Gasteiger partial charge is 0.296 e. The van der Waals surface area contributed by atoms with Gasteiger partial charge in [-0.05, 0) is 43.3 Å². The van der Waals surface area contributed by atoms with Gasteiger partial charge in [0.15, 0.2) is 5.78 Å². The first-order valence-electron chi connectivity index (χ1n) is 7.68. The third-order valence-electron chi connectivity index (χ3n) is 4.06. The maximum Gasteiger partial charge on any atom is 0.296 e. The van der Waals surface area contributed by atoms with Crippen LogP contribution in [0.15, 0.2) is 53.3 Å². The lowest BCUT2D eigenvalue weighted by molar-refractivity contribution is 0.0974. The molecule has 0 spiro atoms. The van der Waals surface area contributed by atoms with E-state index in [0.29, 0.717) is 22.1 Å². The first kappa shape index (κ1) is 15.5. The number of nitrogens with zero attached hydrogens (tertiary/aromatic N) is 4. The van der Waals surface area contributed by atoms with Crippen LogP contribution in [0.3, 0.4) is 0 Å². The Labute approximate surface area is 147 Å². The number of rotatable bonds is 3. The van der Waals surface area contributed by atoms with E-state index in [1.807, 2.05) is 24.3 Å². The molecule has 0 fully saturated rings. The summed E-state index contributed by atoms with van der Waals surface area (Å²) in [7, 11) is 0. The molecule has 0 N–H and O–H groups in total. The quantitative estimate of drug-likeness (QED) is 0.532. The number of benzene rings is 2. The van der Waals surface area contributed by atoms with Gasteiger partial charge in [-0.15, -0.1) is 0 Å². The van der Waals surface area contributed by atoms with Gasteiger partial charge in [0.25, 0.3) is 5.56 Å². The average molecular weight is 353 g/mol. The standard InChI is InChI=1S/C18H13ClN4O2/c1-11-17(25)20-18-22(10-16(24)12-6-8-13(19)9-7-12)14-4-2-3-5-15(14)23(18)21-11/h2-9H,10H2,1H3. The Hall–Kier alpha value is -2.99. The highest BCUT2D eigenvalue weighted by Crippen LogP contribution is 2.19. The summed E-state index contributed by atoms with van der Waals surface area (Å²) in [5, 5.41) is 4.88. The molecular formula is C18H13ClN4O2. The highest BCUT2D eigenvalue weighted by molar-refractivity contribution is 6.30. The van der Waals surface area contributed by atoms with Gasteiger partial charge in [0.05, 0.1) is 17.6 Å². The molecule has 2 heterocycles. The molecule has 0 bridgehead atoms. The molecule has 2 aromatic carbocycles. The Kier molecular flexibility index (Phi) is 3.62. The second kappa shape index (κ2) is 5.82. The van der Waals surface area contributed by atoms with E-state index in [2.05, 4.69) is 10.1 Å². The number of hydrogen-bond acceptors (Lipinski definition) is 4. The molecule has 0 radical (unpaired) electrons. The van der Waals surface area contributed by atoms with Crippen LogP contribution in [0.2, 0.25) is 5.02 Å². The highest BCUT2D eigenvalue weighted by Gasteiger charge is 2.16. The molecule has 124 valence electrons. The number of aromatic nitrogens is 4. The third-order valence-corrected chi connectivity index (χ3v) is 4.31. The molecule has 0 aliphatic carbocycles. The minimum absolute atomic E-state index is 0.0514. The summed E-state index contributed by atoms with van der Waals surface area (Å²) in [5.41, 5.74) is 2.03. The highest BCUT2D eigenvalue weighted by atomic mass is 35.5. The van der Waals surface area contributed by atoms with Crippen LogP contribution in [0.25, 0.3) is 16.8 Å². The van der Waals surface area contributed by atoms with Crippen LogP contribution in [0.1, 0.15) is 16.1 Å². The summed E-state index contributed by atoms with van der Waals surface area (Å²) in [6.45, 7) is 1.67. The van der Waals surface area contributed by atoms with Crippen LogP contribution < -0.4 is 5.56 Å². The lowest BCUT2D eigenvalue weighted by atomic mass is 10.1. The number of para-hydroxylation sites is 2. The van der Waals surface area contributed by atoms with Gasteiger partial charge in [-0.3, -0.25) is 9.59 Å². The maximum atomic E-state index is 12.7. The summed E-state index contributed by atoms with van der Waals surface area (Å²) >= 11 is 5.87. The van der Waals surface area contributed by atoms with Crippen molar-refractivity contribution in [3.8, 4) is 0 Å². The normalized spacial score (nSPS) is 11.3. The number of carbonyl (C=O) groups excluding carboxylic acids is 1. The van der Waals surface area contributed by atoms with Crippen LogP contribution in [0.5, 0.6) is 0 Å². The van der Waals surface area contributed by atoms with Gasteiger partial charge < -0.3 is 4.57 Å². The van der Waals surface area contributed by atoms with E-state index in [4.69, 9.17) is 11.6 Å². The second-order valence-corrected chi connectivity index (χ2v) is 6.16. The Balaban J connectivity index is 1.90. The monoisotopic (exact) mass is 352 g/mol. The summed E-state index contributed by atoms with van der Waals surface area (Å²) in [6, 6.07) is 14.2. The Bertz CT molecular complexity index is 1180. The summed E-state index contributed by atoms with van der Waals surface area (Å²) in [4.78, 5) is 28.7. The molecule has 0 unspecified atom stereocenters. The van der Waals surface area contributed by atoms with E-state index >= 15 is 0 Å². The lowest BCUT2D eigenvalue weighted by Crippen LogP contribution is -2.18. The predicted molar refractivity (Wildman–Crippen MR) is 95.3 cm³/mol. The number of Topliss-reactive ketones (excluding diaryl/α,β-unsaturated/α-hetero) is 1. The van der Waals surface area contributed by atoms with Crippen LogP contribution in [0, 0.1) is 6.92 Å². The maximum absolute atomic E-state index is 12.7. The van der Waals surface area contributed by atoms with E-state index in [0.717, 1.165) is 11.0 Å². The zero-order valence-electron chi connectivity index (χ0n) is 13.3. The zero-order valence-corrected chi connectivity index (χ0v) is 14.1. The molecule has 6 nitrogen and oxygen atoms in total. The molecule has 25 heavy (non-hydrogen) atoms. The predicted octanol–water partition coefficient (Wildman–Crippen LogP) is 2.89. The van der Waals surface area contributed by atoms with Crippen molar-refractivity contribution < 1.29 is 4.79 Å². The third kappa shape index (κ3) is 2.60. The number of ketones is 1. The zero-order chi connectivity index (χ0) is 17.6. The van der Waals surface area contributed by atoms with Crippen LogP contribution in [-0.2, 0) is 6.54 Å². The largest absolute Gasteiger partial charge is 0.300 e. The first-order valence-corrected chi connectivity index (χ1v) is 8.06. The molecule has 0 saturated carbocycles. The van der Waals surface area contributed by atoms with Gasteiger partial charge in [-0.25, -0.2) is 0 Å². The number of halogens is 1. The number of imidazole rings is 1. The molecule has 4 rings (SSSR count). The Morgan fingerprint density at radius 3 is 2.48 bits per heavy atom. The van der Waals surface area contributed by atoms with Crippen molar-refractivity contribution in [3.63, 3.8) is 0 Å². The molecule has 0 aliphatic heterocycles. The van der Waals surface area contributed by atoms with Gasteiger partial charge >= 0.3 is 0 Å². The fourth-order valence-corrected chi connectivity index (χ4v) is 2.92. The number of fused-ring (bicyclic) bond motifs is 3. The van der Waals surface area contributed by atoms with Gasteiger partial charge in [0.1, 0.15) is 5.69 Å². The van der Waals surface area contributed by atoms with Crippen molar-refractivity contribution in [2.75, 3.05) is 0 Å². The van der Waals surface area contributed by atoms with Crippen molar-refractivity contribution in [2.24, 2.45) is 0 Å². The van der Waals surface area contributed by atoms with Gasteiger partial charge in [-0.2, -0.15) is 14.6 Å². The summed E-state index contributed by atoms with van der Waals surface area (Å²) in [6.07, 6.45) is 0. The van der Waals surface area contributed by atoms with Gasteiger partial charge in [0.2, 0.25) is 5.78 Å². The fraction of sp³-hybridized carbons (Fsp3) is 0.111. The van der Waals surface area contributed by atoms with E-state index < -0.39 is 5.56 Å². The minimum Gasteiger partial charge on any atom is -0.300 e. The molecule has 0 atom stereocenters. The molecular weight excluding hydrogens is 340 g/mol. The topological polar surface area (TPSA) is 69.3 Å². The van der Waals surface area contributed by atoms with Crippen LogP contribution >= 0.6 is 11.6 Å². The van der Waals surface area contributed by atoms with Crippen LogP contribution in [-0.4, -0.2) is 24.9 Å². The first-order chi connectivity index (χ1) is 12.0. The van der Waals surface area contributed by atoms with Crippen molar-refractivity contribution >= 4 is 34.2 Å². The van der Waals surface area contributed by atoms with Crippen LogP contribution in [0.4, 0.5) is 0 Å². The van der Waals surface area contributed by atoms with Crippen molar-refractivity contribution in [1.82, 2.24) is 19.2 Å². The summed E-state index contributed by atoms with van der Waals surface area (Å²) in [5.74, 6) is 0.244. The van der Waals surface area contributed by atoms with Crippen molar-refractivity contribution in [2.45, 2.75) is 13.5 Å². The molecule has 0 amide bonds. The molecule has 4 aromatic rings. The van der Waals surface area contributed by atoms with Crippen molar-refractivity contribution in [1.29, 1.82) is 0 Å². The van der Waals surface area contributed by atoms with Crippen molar-refractivity contribution in [3.05, 3.63) is 75.2 Å². The lowest BCUT2D eigenvalue weighted by Gasteiger charge is -2.05. The van der Waals surface area contributed by atoms with E-state index in [1.54, 1.807) is 40.3 Å². The second-order valence-electron chi connectivity index (χ2n) is 5.72. The average Bonchev–Trinajstić information content (AvgIpc) is 2.89. The summed E-state index contributed by atoms with van der Waals surface area (Å²) < 4.78 is 3.31. The molecule has 7 heteroatoms. The minimum atomic E-state index is -0.400.